The van der Waals surface area contributed by atoms with Gasteiger partial charge in [-0.2, -0.15) is 0 Å². The molecule has 2 N–H and O–H groups in total. The Hall–Kier alpha value is -4.39. The summed E-state index contributed by atoms with van der Waals surface area (Å²) in [4.78, 5) is 28.5. The van der Waals surface area contributed by atoms with Gasteiger partial charge in [-0.05, 0) is 41.0 Å². The van der Waals surface area contributed by atoms with Gasteiger partial charge < -0.3 is 15.2 Å². The highest BCUT2D eigenvalue weighted by Crippen LogP contribution is 2.31. The maximum atomic E-state index is 12.6. The van der Waals surface area contributed by atoms with Crippen LogP contribution in [-0.2, 0) is 4.79 Å². The van der Waals surface area contributed by atoms with Crippen molar-refractivity contribution in [3.8, 4) is 0 Å². The molecule has 0 radical (unpaired) electrons. The fraction of sp³-hybridized carbons (Fsp3) is 0.148. The third-order valence-corrected chi connectivity index (χ3v) is 5.80. The minimum Gasteiger partial charge on any atom is -0.378 e. The molecule has 4 rings (SSSR count). The number of fused-ring (bicyclic) bond motifs is 1. The Morgan fingerprint density at radius 3 is 2.59 bits per heavy atom. The average molecular weight is 455 g/mol. The van der Waals surface area contributed by atoms with Gasteiger partial charge in [0.05, 0.1) is 4.92 Å². The molecule has 0 aliphatic rings. The van der Waals surface area contributed by atoms with Crippen LogP contribution in [0, 0.1) is 10.1 Å². The van der Waals surface area contributed by atoms with E-state index in [0.29, 0.717) is 12.1 Å². The summed E-state index contributed by atoms with van der Waals surface area (Å²) in [7, 11) is 4.00. The Morgan fingerprint density at radius 2 is 1.85 bits per heavy atom. The molecular weight excluding hydrogens is 428 g/mol. The molecule has 3 aromatic carbocycles. The second-order valence-corrected chi connectivity index (χ2v) is 8.26. The zero-order valence-corrected chi connectivity index (χ0v) is 19.1. The van der Waals surface area contributed by atoms with Crippen LogP contribution in [-0.4, -0.2) is 36.5 Å². The highest BCUT2D eigenvalue weighted by molar-refractivity contribution is 5.92. The molecule has 7 nitrogen and oxygen atoms in total. The Kier molecular flexibility index (Phi) is 6.73. The van der Waals surface area contributed by atoms with Crippen LogP contribution in [0.1, 0.15) is 22.6 Å². The van der Waals surface area contributed by atoms with E-state index in [4.69, 9.17) is 0 Å². The first-order valence-electron chi connectivity index (χ1n) is 11.0. The zero-order valence-electron chi connectivity index (χ0n) is 19.1. The quantitative estimate of drug-likeness (QED) is 0.220. The van der Waals surface area contributed by atoms with Crippen molar-refractivity contribution in [3.63, 3.8) is 0 Å². The fourth-order valence-corrected chi connectivity index (χ4v) is 3.97. The summed E-state index contributed by atoms with van der Waals surface area (Å²) in [5.41, 5.74) is 4.93. The van der Waals surface area contributed by atoms with E-state index in [9.17, 15) is 14.9 Å². The molecule has 34 heavy (non-hydrogen) atoms. The summed E-state index contributed by atoms with van der Waals surface area (Å²) in [6.45, 7) is 0.404. The van der Waals surface area contributed by atoms with Crippen molar-refractivity contribution >= 4 is 34.3 Å². The molecule has 0 aliphatic heterocycles. The van der Waals surface area contributed by atoms with Crippen LogP contribution in [0.4, 0.5) is 11.4 Å². The number of hydrogen-bond donors (Lipinski definition) is 2. The fourth-order valence-electron chi connectivity index (χ4n) is 3.97. The van der Waals surface area contributed by atoms with E-state index in [1.807, 2.05) is 43.4 Å². The number of non-ortho nitro benzene ring substituents is 1. The van der Waals surface area contributed by atoms with E-state index in [1.54, 1.807) is 18.2 Å². The Labute approximate surface area is 197 Å². The number of aromatic amines is 1. The number of nitro groups is 1. The average Bonchev–Trinajstić information content (AvgIpc) is 3.27. The number of rotatable bonds is 8. The number of H-pyrrole nitrogens is 1. The molecule has 1 amide bonds. The van der Waals surface area contributed by atoms with Gasteiger partial charge in [-0.25, -0.2) is 0 Å². The maximum Gasteiger partial charge on any atom is 0.270 e. The number of aromatic nitrogens is 1. The maximum absolute atomic E-state index is 12.6. The van der Waals surface area contributed by atoms with E-state index >= 15 is 0 Å². The van der Waals surface area contributed by atoms with E-state index < -0.39 is 4.92 Å². The second kappa shape index (κ2) is 10.0. The molecule has 172 valence electrons. The molecule has 1 heterocycles. The van der Waals surface area contributed by atoms with Crippen molar-refractivity contribution in [2.24, 2.45) is 0 Å². The molecule has 0 fully saturated rings. The van der Waals surface area contributed by atoms with Crippen LogP contribution >= 0.6 is 0 Å². The van der Waals surface area contributed by atoms with E-state index in [0.717, 1.165) is 27.7 Å². The van der Waals surface area contributed by atoms with E-state index in [-0.39, 0.29) is 17.5 Å². The van der Waals surface area contributed by atoms with Crippen molar-refractivity contribution in [1.29, 1.82) is 0 Å². The smallest absolute Gasteiger partial charge is 0.270 e. The van der Waals surface area contributed by atoms with Gasteiger partial charge in [0.2, 0.25) is 5.91 Å². The summed E-state index contributed by atoms with van der Waals surface area (Å²) in [6.07, 6.45) is 4.98. The molecule has 0 unspecified atom stereocenters. The summed E-state index contributed by atoms with van der Waals surface area (Å²) in [5, 5.41) is 15.1. The molecular formula is C27H26N4O3. The van der Waals surface area contributed by atoms with Gasteiger partial charge in [-0.15, -0.1) is 0 Å². The number of carbonyl (C=O) groups is 1. The molecule has 7 heteroatoms. The van der Waals surface area contributed by atoms with Gasteiger partial charge in [0, 0.05) is 67.6 Å². The third kappa shape index (κ3) is 5.15. The van der Waals surface area contributed by atoms with Gasteiger partial charge in [-0.1, -0.05) is 42.5 Å². The molecule has 4 aromatic rings. The number of nitrogens with zero attached hydrogens (tertiary/aromatic N) is 2. The highest BCUT2D eigenvalue weighted by atomic mass is 16.6. The number of para-hydroxylation sites is 1. The number of amides is 1. The number of hydrogen-bond acceptors (Lipinski definition) is 4. The van der Waals surface area contributed by atoms with Crippen molar-refractivity contribution in [2.75, 3.05) is 25.5 Å². The predicted molar refractivity (Wildman–Crippen MR) is 136 cm³/mol. The second-order valence-electron chi connectivity index (χ2n) is 8.26. The Balaban J connectivity index is 1.55. The van der Waals surface area contributed by atoms with Crippen molar-refractivity contribution in [3.05, 3.63) is 112 Å². The standard InChI is InChI=1S/C27H26N4O3/c1-30(2)21-13-11-20(12-14-21)24(25-18-28-26-9-4-3-8-23(25)26)17-29-27(32)15-10-19-6-5-7-22(16-19)31(33)34/h3-16,18,24,28H,17H2,1-2H3,(H,29,32)/b15-10+/t24-/m0/s1. The molecule has 0 aliphatic carbocycles. The topological polar surface area (TPSA) is 91.3 Å². The van der Waals surface area contributed by atoms with Crippen molar-refractivity contribution in [1.82, 2.24) is 10.3 Å². The van der Waals surface area contributed by atoms with Gasteiger partial charge in [0.15, 0.2) is 0 Å². The van der Waals surface area contributed by atoms with Crippen LogP contribution in [0.3, 0.4) is 0 Å². The first-order chi connectivity index (χ1) is 16.4. The summed E-state index contributed by atoms with van der Waals surface area (Å²) in [5.74, 6) is -0.316. The SMILES string of the molecule is CN(C)c1ccc([C@H](CNC(=O)/C=C/c2cccc([N+](=O)[O-])c2)c2c[nH]c3ccccc23)cc1. The Bertz CT molecular complexity index is 1340. The lowest BCUT2D eigenvalue weighted by atomic mass is 9.90. The van der Waals surface area contributed by atoms with Gasteiger partial charge in [0.1, 0.15) is 0 Å². The normalized spacial score (nSPS) is 12.1. The van der Waals surface area contributed by atoms with Crippen LogP contribution in [0.25, 0.3) is 17.0 Å². The lowest BCUT2D eigenvalue weighted by molar-refractivity contribution is -0.384. The molecule has 0 saturated carbocycles. The molecule has 0 saturated heterocycles. The van der Waals surface area contributed by atoms with E-state index in [2.05, 4.69) is 40.6 Å². The molecule has 0 bridgehead atoms. The number of nitrogens with one attached hydrogen (secondary N) is 2. The summed E-state index contributed by atoms with van der Waals surface area (Å²) >= 11 is 0. The molecule has 1 aromatic heterocycles. The van der Waals surface area contributed by atoms with Gasteiger partial charge in [0.25, 0.3) is 5.69 Å². The van der Waals surface area contributed by atoms with Crippen LogP contribution < -0.4 is 10.2 Å². The summed E-state index contributed by atoms with van der Waals surface area (Å²) < 4.78 is 0. The number of anilines is 1. The molecule has 1 atom stereocenters. The lowest BCUT2D eigenvalue weighted by Crippen LogP contribution is -2.27. The Morgan fingerprint density at radius 1 is 1.09 bits per heavy atom. The highest BCUT2D eigenvalue weighted by Gasteiger charge is 2.19. The molecule has 0 spiro atoms. The van der Waals surface area contributed by atoms with Crippen molar-refractivity contribution in [2.45, 2.75) is 5.92 Å². The van der Waals surface area contributed by atoms with Gasteiger partial charge >= 0.3 is 0 Å². The predicted octanol–water partition coefficient (Wildman–Crippen LogP) is 5.10. The zero-order chi connectivity index (χ0) is 24.1. The largest absolute Gasteiger partial charge is 0.378 e. The first-order valence-corrected chi connectivity index (χ1v) is 11.0. The first kappa shape index (κ1) is 22.8. The minimum absolute atomic E-state index is 0.0110. The monoisotopic (exact) mass is 454 g/mol. The minimum atomic E-state index is -0.454. The van der Waals surface area contributed by atoms with Crippen LogP contribution in [0.15, 0.2) is 85.1 Å². The van der Waals surface area contributed by atoms with Crippen molar-refractivity contribution < 1.29 is 9.72 Å². The van der Waals surface area contributed by atoms with Crippen LogP contribution in [0.5, 0.6) is 0 Å². The number of benzene rings is 3. The van der Waals surface area contributed by atoms with Crippen LogP contribution in [0.2, 0.25) is 0 Å². The number of carbonyl (C=O) groups excluding carboxylic acids is 1. The van der Waals surface area contributed by atoms with Gasteiger partial charge in [-0.3, -0.25) is 14.9 Å². The third-order valence-electron chi connectivity index (χ3n) is 5.80. The van der Waals surface area contributed by atoms with E-state index in [1.165, 1.54) is 18.2 Å². The number of nitro benzene ring substituents is 1. The lowest BCUT2D eigenvalue weighted by Gasteiger charge is -2.19. The summed E-state index contributed by atoms with van der Waals surface area (Å²) in [6, 6.07) is 22.6.